The van der Waals surface area contributed by atoms with Crippen molar-refractivity contribution in [1.82, 2.24) is 0 Å². The predicted octanol–water partition coefficient (Wildman–Crippen LogP) is 7.76. The Balaban J connectivity index is 3.30. The van der Waals surface area contributed by atoms with Gasteiger partial charge in [-0.3, -0.25) is 4.79 Å². The van der Waals surface area contributed by atoms with Gasteiger partial charge in [-0.2, -0.15) is 0 Å². The summed E-state index contributed by atoms with van der Waals surface area (Å²) in [5, 5.41) is 0. The molecular weight excluding hydrogens is 308 g/mol. The number of ether oxygens (including phenoxy) is 1. The highest BCUT2D eigenvalue weighted by Gasteiger charge is 2.19. The van der Waals surface area contributed by atoms with Crippen molar-refractivity contribution in [2.75, 3.05) is 0 Å². The van der Waals surface area contributed by atoms with Gasteiger partial charge in [0.25, 0.3) is 0 Å². The number of rotatable bonds is 17. The Kier molecular flexibility index (Phi) is 16.1. The van der Waals surface area contributed by atoms with E-state index in [-0.39, 0.29) is 11.6 Å². The fourth-order valence-electron chi connectivity index (χ4n) is 2.77. The molecule has 0 bridgehead atoms. The molecule has 0 aromatic heterocycles. The maximum absolute atomic E-state index is 11.7. The van der Waals surface area contributed by atoms with Crippen LogP contribution in [0.2, 0.25) is 0 Å². The number of unbranched alkanes of at least 4 members (excludes halogenated alkanes) is 11. The molecular formula is C23H44O2. The molecule has 25 heavy (non-hydrogen) atoms. The fourth-order valence-corrected chi connectivity index (χ4v) is 2.77. The van der Waals surface area contributed by atoms with Gasteiger partial charge >= 0.3 is 5.97 Å². The van der Waals surface area contributed by atoms with Gasteiger partial charge in [-0.25, -0.2) is 0 Å². The molecule has 0 unspecified atom stereocenters. The highest BCUT2D eigenvalue weighted by molar-refractivity contribution is 5.69. The van der Waals surface area contributed by atoms with E-state index < -0.39 is 0 Å². The molecule has 0 aliphatic rings. The van der Waals surface area contributed by atoms with E-state index in [1.165, 1.54) is 70.6 Å². The summed E-state index contributed by atoms with van der Waals surface area (Å²) in [6.45, 7) is 8.27. The van der Waals surface area contributed by atoms with Gasteiger partial charge in [0.1, 0.15) is 5.60 Å². The van der Waals surface area contributed by atoms with E-state index in [9.17, 15) is 4.79 Å². The van der Waals surface area contributed by atoms with Gasteiger partial charge in [0.2, 0.25) is 0 Å². The Bertz CT molecular complexity index is 331. The minimum absolute atomic E-state index is 0.0375. The molecule has 0 aliphatic heterocycles. The lowest BCUT2D eigenvalue weighted by Gasteiger charge is -2.23. The smallest absolute Gasteiger partial charge is 0.306 e. The Morgan fingerprint density at radius 3 is 1.76 bits per heavy atom. The lowest BCUT2D eigenvalue weighted by atomic mass is 10.1. The van der Waals surface area contributed by atoms with Crippen LogP contribution in [0.5, 0.6) is 0 Å². The van der Waals surface area contributed by atoms with E-state index in [1.807, 2.05) is 13.8 Å². The second-order valence-electron chi connectivity index (χ2n) is 7.92. The van der Waals surface area contributed by atoms with Crippen molar-refractivity contribution in [3.63, 3.8) is 0 Å². The standard InChI is InChI=1S/C23H44O2/c1-5-7-8-9-10-11-12-13-14-15-16-17-18-19-20-21-22(24)25-23(3,4)6-2/h13-14H,5-12,15-21H2,1-4H3/b14-13+. The zero-order valence-corrected chi connectivity index (χ0v) is 17.6. The molecule has 0 saturated carbocycles. The summed E-state index contributed by atoms with van der Waals surface area (Å²) in [6, 6.07) is 0. The van der Waals surface area contributed by atoms with Crippen molar-refractivity contribution in [2.45, 2.75) is 130 Å². The zero-order chi connectivity index (χ0) is 18.8. The lowest BCUT2D eigenvalue weighted by Crippen LogP contribution is -2.26. The van der Waals surface area contributed by atoms with E-state index in [0.717, 1.165) is 19.3 Å². The van der Waals surface area contributed by atoms with Crippen molar-refractivity contribution in [3.8, 4) is 0 Å². The average molecular weight is 353 g/mol. The van der Waals surface area contributed by atoms with Crippen LogP contribution in [0.3, 0.4) is 0 Å². The zero-order valence-electron chi connectivity index (χ0n) is 17.6. The van der Waals surface area contributed by atoms with Crippen LogP contribution in [-0.4, -0.2) is 11.6 Å². The summed E-state index contributed by atoms with van der Waals surface area (Å²) in [7, 11) is 0. The minimum Gasteiger partial charge on any atom is -0.460 e. The number of carbonyl (C=O) groups is 1. The van der Waals surface area contributed by atoms with Crippen LogP contribution in [0, 0.1) is 0 Å². The molecule has 0 radical (unpaired) electrons. The molecule has 148 valence electrons. The second-order valence-corrected chi connectivity index (χ2v) is 7.92. The Morgan fingerprint density at radius 1 is 0.760 bits per heavy atom. The molecule has 0 spiro atoms. The normalized spacial score (nSPS) is 12.0. The number of carbonyl (C=O) groups excluding carboxylic acids is 1. The summed E-state index contributed by atoms with van der Waals surface area (Å²) in [4.78, 5) is 11.7. The first-order valence-electron chi connectivity index (χ1n) is 10.9. The highest BCUT2D eigenvalue weighted by atomic mass is 16.6. The molecule has 0 aliphatic carbocycles. The molecule has 2 heteroatoms. The van der Waals surface area contributed by atoms with Gasteiger partial charge in [0, 0.05) is 6.42 Å². The third-order valence-electron chi connectivity index (χ3n) is 4.88. The molecule has 0 saturated heterocycles. The molecule has 0 aromatic carbocycles. The first-order chi connectivity index (χ1) is 12.0. The molecule has 0 rings (SSSR count). The van der Waals surface area contributed by atoms with Crippen LogP contribution in [0.4, 0.5) is 0 Å². The number of hydrogen-bond donors (Lipinski definition) is 0. The third kappa shape index (κ3) is 17.8. The summed E-state index contributed by atoms with van der Waals surface area (Å²) in [6.07, 6.45) is 22.8. The van der Waals surface area contributed by atoms with Crippen LogP contribution >= 0.6 is 0 Å². The van der Waals surface area contributed by atoms with Crippen molar-refractivity contribution in [1.29, 1.82) is 0 Å². The summed E-state index contributed by atoms with van der Waals surface area (Å²) >= 11 is 0. The van der Waals surface area contributed by atoms with Crippen molar-refractivity contribution in [3.05, 3.63) is 12.2 Å². The fraction of sp³-hybridized carbons (Fsp3) is 0.870. The van der Waals surface area contributed by atoms with E-state index in [2.05, 4.69) is 26.0 Å². The number of esters is 1. The SMILES string of the molecule is CCCCCCCC/C=C/CCCCCCCC(=O)OC(C)(C)CC. The first kappa shape index (κ1) is 24.2. The Labute approximate surface area is 157 Å². The van der Waals surface area contributed by atoms with E-state index in [1.54, 1.807) is 0 Å². The maximum atomic E-state index is 11.7. The van der Waals surface area contributed by atoms with E-state index in [4.69, 9.17) is 4.74 Å². The van der Waals surface area contributed by atoms with Crippen LogP contribution in [0.1, 0.15) is 124 Å². The van der Waals surface area contributed by atoms with E-state index >= 15 is 0 Å². The average Bonchev–Trinajstić information content (AvgIpc) is 2.58. The topological polar surface area (TPSA) is 26.3 Å². The first-order valence-corrected chi connectivity index (χ1v) is 10.9. The third-order valence-corrected chi connectivity index (χ3v) is 4.88. The molecule has 0 heterocycles. The van der Waals surface area contributed by atoms with Gasteiger partial charge in [-0.15, -0.1) is 0 Å². The largest absolute Gasteiger partial charge is 0.460 e. The monoisotopic (exact) mass is 352 g/mol. The van der Waals surface area contributed by atoms with Crippen LogP contribution in [0.25, 0.3) is 0 Å². The van der Waals surface area contributed by atoms with Gasteiger partial charge in [0.05, 0.1) is 0 Å². The van der Waals surface area contributed by atoms with Gasteiger partial charge in [-0.05, 0) is 52.4 Å². The molecule has 0 aromatic rings. The lowest BCUT2D eigenvalue weighted by molar-refractivity contribution is -0.156. The number of hydrogen-bond acceptors (Lipinski definition) is 2. The highest BCUT2D eigenvalue weighted by Crippen LogP contribution is 2.16. The summed E-state index contributed by atoms with van der Waals surface area (Å²) in [5.41, 5.74) is -0.307. The summed E-state index contributed by atoms with van der Waals surface area (Å²) < 4.78 is 5.46. The van der Waals surface area contributed by atoms with Gasteiger partial charge < -0.3 is 4.74 Å². The quantitative estimate of drug-likeness (QED) is 0.152. The van der Waals surface area contributed by atoms with E-state index in [0.29, 0.717) is 6.42 Å². The second kappa shape index (κ2) is 16.7. The molecule has 0 fully saturated rings. The van der Waals surface area contributed by atoms with Gasteiger partial charge in [-0.1, -0.05) is 77.4 Å². The molecule has 0 atom stereocenters. The van der Waals surface area contributed by atoms with Crippen LogP contribution < -0.4 is 0 Å². The van der Waals surface area contributed by atoms with Crippen LogP contribution in [-0.2, 0) is 9.53 Å². The molecule has 0 N–H and O–H groups in total. The molecule has 2 nitrogen and oxygen atoms in total. The summed E-state index contributed by atoms with van der Waals surface area (Å²) in [5.74, 6) is -0.0375. The van der Waals surface area contributed by atoms with Crippen LogP contribution in [0.15, 0.2) is 12.2 Å². The van der Waals surface area contributed by atoms with Crippen molar-refractivity contribution in [2.24, 2.45) is 0 Å². The Hall–Kier alpha value is -0.790. The minimum atomic E-state index is -0.307. The Morgan fingerprint density at radius 2 is 1.24 bits per heavy atom. The van der Waals surface area contributed by atoms with Crippen molar-refractivity contribution >= 4 is 5.97 Å². The predicted molar refractivity (Wildman–Crippen MR) is 110 cm³/mol. The maximum Gasteiger partial charge on any atom is 0.306 e. The molecule has 0 amide bonds. The van der Waals surface area contributed by atoms with Crippen molar-refractivity contribution < 1.29 is 9.53 Å². The van der Waals surface area contributed by atoms with Gasteiger partial charge in [0.15, 0.2) is 0 Å². The number of allylic oxidation sites excluding steroid dienone is 2.